The Balaban J connectivity index is 3.62. The Kier molecular flexibility index (Phi) is 40.4. The Labute approximate surface area is 312 Å². The molecule has 294 valence electrons. The highest BCUT2D eigenvalue weighted by atomic mass is 16.2. The first-order valence-electron chi connectivity index (χ1n) is 21.9. The molecular formula is C44H86N4O2. The van der Waals surface area contributed by atoms with E-state index in [-0.39, 0.29) is 11.8 Å². The monoisotopic (exact) mass is 703 g/mol. The van der Waals surface area contributed by atoms with Gasteiger partial charge in [-0.05, 0) is 64.2 Å². The van der Waals surface area contributed by atoms with Crippen LogP contribution >= 0.6 is 0 Å². The molecule has 0 bridgehead atoms. The standard InChI is InChI=1S/C44H86N4O2/c1-3-5-7-9-11-13-15-17-19-21-23-25-27-29-31-33-38-46-43(49)35-40-48(42-37-45)41-36-44(50)47-39-34-32-30-28-26-24-22-20-18-16-14-12-10-8-6-4-2/h17-20H,3-16,21-42,45H2,1-2H3,(H,46,49)(H,47,50)/b19-17-,20-18-. The predicted molar refractivity (Wildman–Crippen MR) is 220 cm³/mol. The van der Waals surface area contributed by atoms with Crippen molar-refractivity contribution in [3.8, 4) is 0 Å². The van der Waals surface area contributed by atoms with Gasteiger partial charge in [0.15, 0.2) is 0 Å². The molecule has 0 atom stereocenters. The summed E-state index contributed by atoms with van der Waals surface area (Å²) in [5, 5.41) is 6.16. The van der Waals surface area contributed by atoms with Gasteiger partial charge in [0.1, 0.15) is 0 Å². The third-order valence-corrected chi connectivity index (χ3v) is 9.78. The lowest BCUT2D eigenvalue weighted by molar-refractivity contribution is -0.121. The number of nitrogens with two attached hydrogens (primary N) is 1. The SMILES string of the molecule is CCCCCCCC/C=C\CCCCCCCCNC(=O)CCN(CCN)CCC(=O)NCCCCCCCC/C=C\CCCCCCCC. The van der Waals surface area contributed by atoms with E-state index in [4.69, 9.17) is 5.73 Å². The first-order valence-corrected chi connectivity index (χ1v) is 21.9. The van der Waals surface area contributed by atoms with Gasteiger partial charge in [-0.3, -0.25) is 9.59 Å². The summed E-state index contributed by atoms with van der Waals surface area (Å²) in [4.78, 5) is 26.9. The van der Waals surface area contributed by atoms with Crippen LogP contribution in [0.1, 0.15) is 206 Å². The molecule has 0 saturated carbocycles. The van der Waals surface area contributed by atoms with Gasteiger partial charge in [-0.25, -0.2) is 0 Å². The molecule has 0 rings (SSSR count). The minimum Gasteiger partial charge on any atom is -0.356 e. The van der Waals surface area contributed by atoms with Gasteiger partial charge in [0.25, 0.3) is 0 Å². The van der Waals surface area contributed by atoms with Gasteiger partial charge >= 0.3 is 0 Å². The summed E-state index contributed by atoms with van der Waals surface area (Å²) in [6.45, 7) is 8.62. The molecule has 0 aliphatic heterocycles. The predicted octanol–water partition coefficient (Wildman–Crippen LogP) is 11.3. The van der Waals surface area contributed by atoms with Crippen molar-refractivity contribution in [3.05, 3.63) is 24.3 Å². The summed E-state index contributed by atoms with van der Waals surface area (Å²) >= 11 is 0. The van der Waals surface area contributed by atoms with Crippen molar-refractivity contribution < 1.29 is 9.59 Å². The summed E-state index contributed by atoms with van der Waals surface area (Å²) in [5.41, 5.74) is 5.81. The molecule has 0 radical (unpaired) electrons. The summed E-state index contributed by atoms with van der Waals surface area (Å²) in [6.07, 6.45) is 46.6. The van der Waals surface area contributed by atoms with E-state index in [1.807, 2.05) is 0 Å². The van der Waals surface area contributed by atoms with E-state index in [0.29, 0.717) is 39.0 Å². The molecule has 0 aliphatic rings. The number of nitrogens with zero attached hydrogens (tertiary/aromatic N) is 1. The van der Waals surface area contributed by atoms with Gasteiger partial charge in [0.05, 0.1) is 0 Å². The molecule has 0 aromatic heterocycles. The molecule has 0 aliphatic carbocycles. The molecule has 0 spiro atoms. The van der Waals surface area contributed by atoms with Gasteiger partial charge in [-0.1, -0.05) is 154 Å². The van der Waals surface area contributed by atoms with Crippen molar-refractivity contribution in [3.63, 3.8) is 0 Å². The Hall–Kier alpha value is -1.66. The van der Waals surface area contributed by atoms with Crippen molar-refractivity contribution in [2.24, 2.45) is 5.73 Å². The largest absolute Gasteiger partial charge is 0.356 e. The lowest BCUT2D eigenvalue weighted by Gasteiger charge is -2.21. The van der Waals surface area contributed by atoms with E-state index in [2.05, 4.69) is 53.7 Å². The number of allylic oxidation sites excluding steroid dienone is 4. The molecule has 0 heterocycles. The van der Waals surface area contributed by atoms with E-state index in [1.165, 1.54) is 167 Å². The van der Waals surface area contributed by atoms with E-state index < -0.39 is 0 Å². The molecule has 6 heteroatoms. The van der Waals surface area contributed by atoms with Crippen LogP contribution in [0.3, 0.4) is 0 Å². The molecule has 0 unspecified atom stereocenters. The zero-order valence-corrected chi connectivity index (χ0v) is 33.6. The van der Waals surface area contributed by atoms with Crippen LogP contribution in [0.15, 0.2) is 24.3 Å². The van der Waals surface area contributed by atoms with Gasteiger partial charge in [0, 0.05) is 52.1 Å². The summed E-state index contributed by atoms with van der Waals surface area (Å²) in [5.74, 6) is 0.202. The van der Waals surface area contributed by atoms with Crippen molar-refractivity contribution in [1.82, 2.24) is 15.5 Å². The first kappa shape index (κ1) is 48.3. The second-order valence-electron chi connectivity index (χ2n) is 14.7. The van der Waals surface area contributed by atoms with Crippen molar-refractivity contribution >= 4 is 11.8 Å². The molecule has 0 saturated heterocycles. The maximum atomic E-state index is 12.4. The van der Waals surface area contributed by atoms with E-state index in [0.717, 1.165) is 25.9 Å². The number of rotatable bonds is 40. The molecule has 50 heavy (non-hydrogen) atoms. The van der Waals surface area contributed by atoms with Gasteiger partial charge in [-0.15, -0.1) is 0 Å². The molecule has 0 aromatic carbocycles. The second kappa shape index (κ2) is 41.8. The highest BCUT2D eigenvalue weighted by molar-refractivity contribution is 5.76. The van der Waals surface area contributed by atoms with Crippen LogP contribution in [0.5, 0.6) is 0 Å². The lowest BCUT2D eigenvalue weighted by Crippen LogP contribution is -2.37. The highest BCUT2D eigenvalue weighted by Gasteiger charge is 2.10. The molecular weight excluding hydrogens is 617 g/mol. The fraction of sp³-hybridized carbons (Fsp3) is 0.864. The van der Waals surface area contributed by atoms with Crippen LogP contribution in [-0.4, -0.2) is 56.0 Å². The van der Waals surface area contributed by atoms with E-state index in [1.54, 1.807) is 0 Å². The molecule has 0 aromatic rings. The second-order valence-corrected chi connectivity index (χ2v) is 14.7. The summed E-state index contributed by atoms with van der Waals surface area (Å²) in [7, 11) is 0. The number of carbonyl (C=O) groups is 2. The number of hydrogen-bond donors (Lipinski definition) is 3. The van der Waals surface area contributed by atoms with Gasteiger partial charge in [-0.2, -0.15) is 0 Å². The number of amides is 2. The van der Waals surface area contributed by atoms with Crippen LogP contribution in [0.4, 0.5) is 0 Å². The average Bonchev–Trinajstić information content (AvgIpc) is 3.12. The minimum absolute atomic E-state index is 0.101. The Morgan fingerprint density at radius 3 is 1.06 bits per heavy atom. The topological polar surface area (TPSA) is 87.5 Å². The van der Waals surface area contributed by atoms with Crippen molar-refractivity contribution in [2.45, 2.75) is 206 Å². The Morgan fingerprint density at radius 1 is 0.440 bits per heavy atom. The molecule has 2 amide bonds. The van der Waals surface area contributed by atoms with Crippen LogP contribution in [0, 0.1) is 0 Å². The van der Waals surface area contributed by atoms with Crippen LogP contribution in [0.25, 0.3) is 0 Å². The van der Waals surface area contributed by atoms with Crippen molar-refractivity contribution in [1.29, 1.82) is 0 Å². The number of nitrogens with one attached hydrogen (secondary N) is 2. The number of carbonyl (C=O) groups excluding carboxylic acids is 2. The average molecular weight is 703 g/mol. The normalized spacial score (nSPS) is 11.8. The summed E-state index contributed by atoms with van der Waals surface area (Å²) < 4.78 is 0. The van der Waals surface area contributed by atoms with Crippen molar-refractivity contribution in [2.75, 3.05) is 39.3 Å². The van der Waals surface area contributed by atoms with Crippen LogP contribution in [0.2, 0.25) is 0 Å². The minimum atomic E-state index is 0.101. The maximum absolute atomic E-state index is 12.4. The zero-order chi connectivity index (χ0) is 36.4. The fourth-order valence-corrected chi connectivity index (χ4v) is 6.41. The Morgan fingerprint density at radius 2 is 0.740 bits per heavy atom. The fourth-order valence-electron chi connectivity index (χ4n) is 6.41. The van der Waals surface area contributed by atoms with E-state index >= 15 is 0 Å². The van der Waals surface area contributed by atoms with E-state index in [9.17, 15) is 9.59 Å². The van der Waals surface area contributed by atoms with Crippen LogP contribution < -0.4 is 16.4 Å². The summed E-state index contributed by atoms with van der Waals surface area (Å²) in [6, 6.07) is 0. The zero-order valence-electron chi connectivity index (χ0n) is 33.6. The molecule has 0 fully saturated rings. The highest BCUT2D eigenvalue weighted by Crippen LogP contribution is 2.11. The quantitative estimate of drug-likeness (QED) is 0.0438. The molecule has 6 nitrogen and oxygen atoms in total. The number of unbranched alkanes of at least 4 members (excludes halogenated alkanes) is 24. The third kappa shape index (κ3) is 39.1. The number of hydrogen-bond acceptors (Lipinski definition) is 4. The maximum Gasteiger partial charge on any atom is 0.221 e. The Bertz CT molecular complexity index is 709. The van der Waals surface area contributed by atoms with Crippen LogP contribution in [-0.2, 0) is 9.59 Å². The van der Waals surface area contributed by atoms with Gasteiger partial charge in [0.2, 0.25) is 11.8 Å². The van der Waals surface area contributed by atoms with Gasteiger partial charge < -0.3 is 21.3 Å². The third-order valence-electron chi connectivity index (χ3n) is 9.78. The molecule has 4 N–H and O–H groups in total. The lowest BCUT2D eigenvalue weighted by atomic mass is 10.1. The smallest absolute Gasteiger partial charge is 0.221 e. The first-order chi connectivity index (χ1) is 24.6.